The zero-order valence-corrected chi connectivity index (χ0v) is 11.8. The molecule has 0 atom stereocenters. The van der Waals surface area contributed by atoms with Crippen LogP contribution in [0.4, 0.5) is 11.4 Å². The van der Waals surface area contributed by atoms with E-state index < -0.39 is 5.97 Å². The van der Waals surface area contributed by atoms with Crippen molar-refractivity contribution in [3.8, 4) is 5.88 Å². The summed E-state index contributed by atoms with van der Waals surface area (Å²) in [6, 6.07) is 10.8. The van der Waals surface area contributed by atoms with Crippen LogP contribution in [0, 0.1) is 0 Å². The fourth-order valence-electron chi connectivity index (χ4n) is 2.01. The highest BCUT2D eigenvalue weighted by molar-refractivity contribution is 6.31. The largest absolute Gasteiger partial charge is 0.545 e. The molecule has 1 heterocycles. The molecule has 0 aliphatic heterocycles. The second-order valence-corrected chi connectivity index (χ2v) is 4.98. The van der Waals surface area contributed by atoms with E-state index in [-0.39, 0.29) is 17.1 Å². The van der Waals surface area contributed by atoms with Gasteiger partial charge in [-0.3, -0.25) is 0 Å². The number of hydrogen-bond donors (Lipinski definition) is 2. The molecule has 0 saturated carbocycles. The van der Waals surface area contributed by atoms with E-state index in [9.17, 15) is 15.0 Å². The number of fused-ring (bicyclic) bond motifs is 1. The number of carbonyl (C=O) groups excluding carboxylic acids is 1. The number of aromatic nitrogens is 1. The average molecular weight is 315 g/mol. The summed E-state index contributed by atoms with van der Waals surface area (Å²) in [7, 11) is 0. The Balaban J connectivity index is 1.96. The molecule has 0 aliphatic rings. The summed E-state index contributed by atoms with van der Waals surface area (Å²) < 4.78 is 0. The van der Waals surface area contributed by atoms with E-state index in [4.69, 9.17) is 11.6 Å². The molecule has 110 valence electrons. The van der Waals surface area contributed by atoms with Gasteiger partial charge >= 0.3 is 0 Å². The van der Waals surface area contributed by atoms with Gasteiger partial charge in [-0.05, 0) is 35.9 Å². The Morgan fingerprint density at radius 3 is 2.55 bits per heavy atom. The van der Waals surface area contributed by atoms with Gasteiger partial charge in [0, 0.05) is 10.4 Å². The van der Waals surface area contributed by atoms with Gasteiger partial charge in [0.15, 0.2) is 5.69 Å². The van der Waals surface area contributed by atoms with Crippen molar-refractivity contribution >= 4 is 39.8 Å². The number of carboxylic acid groups (broad SMARTS) is 1. The van der Waals surface area contributed by atoms with Gasteiger partial charge in [0.25, 0.3) is 0 Å². The Morgan fingerprint density at radius 2 is 1.86 bits per heavy atom. The monoisotopic (exact) mass is 314 g/mol. The van der Waals surface area contributed by atoms with Crippen LogP contribution in [0.25, 0.3) is 10.9 Å². The normalized spacial score (nSPS) is 11.3. The molecule has 0 amide bonds. The smallest absolute Gasteiger partial charge is 0.218 e. The van der Waals surface area contributed by atoms with Gasteiger partial charge in [-0.15, -0.1) is 5.11 Å². The summed E-state index contributed by atoms with van der Waals surface area (Å²) in [4.78, 5) is 13.4. The van der Waals surface area contributed by atoms with Gasteiger partial charge in [0.05, 0.1) is 17.2 Å². The van der Waals surface area contributed by atoms with Crippen LogP contribution >= 0.6 is 11.6 Å². The third kappa shape index (κ3) is 2.64. The van der Waals surface area contributed by atoms with Crippen LogP contribution in [0.1, 0.15) is 10.4 Å². The molecule has 0 radical (unpaired) electrons. The second kappa shape index (κ2) is 5.50. The lowest BCUT2D eigenvalue weighted by Gasteiger charge is -2.00. The summed E-state index contributed by atoms with van der Waals surface area (Å²) in [5.74, 6) is -1.38. The van der Waals surface area contributed by atoms with Gasteiger partial charge in [0.2, 0.25) is 5.88 Å². The topological polar surface area (TPSA) is 101 Å². The number of aromatic carboxylic acids is 1. The first-order valence-electron chi connectivity index (χ1n) is 6.28. The number of carboxylic acids is 1. The van der Waals surface area contributed by atoms with Gasteiger partial charge in [-0.1, -0.05) is 23.7 Å². The number of rotatable bonds is 3. The molecule has 0 spiro atoms. The minimum atomic E-state index is -1.26. The van der Waals surface area contributed by atoms with E-state index in [1.807, 2.05) is 0 Å². The first-order chi connectivity index (χ1) is 10.5. The number of nitrogens with zero attached hydrogens (tertiary/aromatic N) is 2. The van der Waals surface area contributed by atoms with Crippen LogP contribution < -0.4 is 5.11 Å². The van der Waals surface area contributed by atoms with Crippen molar-refractivity contribution in [3.05, 3.63) is 53.1 Å². The number of aromatic hydroxyl groups is 1. The first-order valence-corrected chi connectivity index (χ1v) is 6.66. The molecule has 0 aliphatic carbocycles. The van der Waals surface area contributed by atoms with Crippen molar-refractivity contribution in [1.82, 2.24) is 4.98 Å². The Bertz CT molecular complexity index is 885. The number of aromatic amines is 1. The highest BCUT2D eigenvalue weighted by atomic mass is 35.5. The van der Waals surface area contributed by atoms with E-state index >= 15 is 0 Å². The van der Waals surface area contributed by atoms with Crippen molar-refractivity contribution in [3.63, 3.8) is 0 Å². The van der Waals surface area contributed by atoms with Gasteiger partial charge in [0.1, 0.15) is 0 Å². The van der Waals surface area contributed by atoms with Crippen LogP contribution in [-0.4, -0.2) is 16.1 Å². The molecule has 0 fully saturated rings. The van der Waals surface area contributed by atoms with Gasteiger partial charge in [-0.25, -0.2) is 0 Å². The lowest BCUT2D eigenvalue weighted by Crippen LogP contribution is -2.21. The minimum Gasteiger partial charge on any atom is -0.545 e. The maximum Gasteiger partial charge on any atom is 0.218 e. The maximum atomic E-state index is 10.7. The molecule has 3 rings (SSSR count). The van der Waals surface area contributed by atoms with E-state index in [2.05, 4.69) is 15.2 Å². The highest BCUT2D eigenvalue weighted by Gasteiger charge is 2.10. The van der Waals surface area contributed by atoms with Crippen LogP contribution in [0.5, 0.6) is 5.88 Å². The Kier molecular flexibility index (Phi) is 3.52. The van der Waals surface area contributed by atoms with Crippen molar-refractivity contribution in [1.29, 1.82) is 0 Å². The zero-order valence-electron chi connectivity index (χ0n) is 11.1. The molecular formula is C15H9ClN3O3-. The number of H-pyrrole nitrogens is 1. The van der Waals surface area contributed by atoms with E-state index in [0.29, 0.717) is 21.6 Å². The minimum absolute atomic E-state index is 0.0562. The summed E-state index contributed by atoms with van der Waals surface area (Å²) >= 11 is 5.93. The zero-order chi connectivity index (χ0) is 15.7. The molecule has 2 N–H and O–H groups in total. The molecule has 0 saturated heterocycles. The first kappa shape index (κ1) is 14.1. The number of azo groups is 1. The lowest BCUT2D eigenvalue weighted by molar-refractivity contribution is -0.255. The molecule has 3 aromatic rings. The molecule has 0 unspecified atom stereocenters. The predicted molar refractivity (Wildman–Crippen MR) is 79.9 cm³/mol. The molecule has 7 heteroatoms. The lowest BCUT2D eigenvalue weighted by atomic mass is 10.2. The standard InChI is InChI=1S/C15H10ClN3O3/c16-9-3-6-12-11(7-9)13(14(20)17-12)19-18-10-4-1-8(2-5-10)15(21)22/h1-7,17,20H,(H,21,22)/p-1. The molecule has 6 nitrogen and oxygen atoms in total. The number of nitrogens with one attached hydrogen (secondary N) is 1. The van der Waals surface area contributed by atoms with Crippen LogP contribution in [0.3, 0.4) is 0 Å². The third-order valence-electron chi connectivity index (χ3n) is 3.08. The number of carbonyl (C=O) groups is 1. The molecule has 1 aromatic heterocycles. The quantitative estimate of drug-likeness (QED) is 0.725. The molecule has 22 heavy (non-hydrogen) atoms. The molecular weight excluding hydrogens is 306 g/mol. The number of hydrogen-bond acceptors (Lipinski definition) is 5. The maximum absolute atomic E-state index is 10.7. The fourth-order valence-corrected chi connectivity index (χ4v) is 2.18. The molecule has 2 aromatic carbocycles. The van der Waals surface area contributed by atoms with Crippen molar-refractivity contribution < 1.29 is 15.0 Å². The predicted octanol–water partition coefficient (Wildman–Crippen LogP) is 3.31. The summed E-state index contributed by atoms with van der Waals surface area (Å²) in [6.07, 6.45) is 0. The van der Waals surface area contributed by atoms with E-state index in [1.165, 1.54) is 24.3 Å². The SMILES string of the molecule is O=C([O-])c1ccc(N=Nc2c(O)[nH]c3ccc(Cl)cc23)cc1. The van der Waals surface area contributed by atoms with Crippen molar-refractivity contribution in [2.24, 2.45) is 10.2 Å². The fraction of sp³-hybridized carbons (Fsp3) is 0. The average Bonchev–Trinajstić information content (AvgIpc) is 2.80. The Morgan fingerprint density at radius 1 is 1.14 bits per heavy atom. The Labute approximate surface area is 129 Å². The van der Waals surface area contributed by atoms with Crippen molar-refractivity contribution in [2.45, 2.75) is 0 Å². The van der Waals surface area contributed by atoms with Gasteiger partial charge in [-0.2, -0.15) is 5.11 Å². The van der Waals surface area contributed by atoms with E-state index in [0.717, 1.165) is 0 Å². The summed E-state index contributed by atoms with van der Waals surface area (Å²) in [5, 5.41) is 29.7. The van der Waals surface area contributed by atoms with E-state index in [1.54, 1.807) is 18.2 Å². The van der Waals surface area contributed by atoms with Gasteiger partial charge < -0.3 is 20.0 Å². The van der Waals surface area contributed by atoms with Crippen LogP contribution in [-0.2, 0) is 0 Å². The summed E-state index contributed by atoms with van der Waals surface area (Å²) in [5.41, 5.74) is 1.45. The van der Waals surface area contributed by atoms with Crippen molar-refractivity contribution in [2.75, 3.05) is 0 Å². The summed E-state index contributed by atoms with van der Waals surface area (Å²) in [6.45, 7) is 0. The Hall–Kier alpha value is -2.86. The third-order valence-corrected chi connectivity index (χ3v) is 3.32. The number of benzene rings is 2. The van der Waals surface area contributed by atoms with Crippen LogP contribution in [0.15, 0.2) is 52.7 Å². The second-order valence-electron chi connectivity index (χ2n) is 4.55. The number of halogens is 1. The highest BCUT2D eigenvalue weighted by Crippen LogP contribution is 2.37. The molecule has 0 bridgehead atoms. The van der Waals surface area contributed by atoms with Crippen LogP contribution in [0.2, 0.25) is 5.02 Å².